The topological polar surface area (TPSA) is 111 Å². The van der Waals surface area contributed by atoms with Gasteiger partial charge in [0, 0.05) is 6.54 Å². The van der Waals surface area contributed by atoms with E-state index in [1.165, 1.54) is 5.56 Å². The summed E-state index contributed by atoms with van der Waals surface area (Å²) in [4.78, 5) is 34.1. The fourth-order valence-electron chi connectivity index (χ4n) is 2.32. The van der Waals surface area contributed by atoms with E-state index >= 15 is 0 Å². The largest absolute Gasteiger partial charge is 0.456 e. The second-order valence-electron chi connectivity index (χ2n) is 6.09. The highest BCUT2D eigenvalue weighted by Gasteiger charge is 2.19. The van der Waals surface area contributed by atoms with Gasteiger partial charge in [-0.25, -0.2) is 4.79 Å². The van der Waals surface area contributed by atoms with Crippen molar-refractivity contribution < 1.29 is 19.1 Å². The van der Waals surface area contributed by atoms with E-state index in [0.717, 1.165) is 12.0 Å². The average Bonchev–Trinajstić information content (AvgIpc) is 2.57. The van der Waals surface area contributed by atoms with Crippen LogP contribution in [0.1, 0.15) is 44.4 Å². The molecule has 7 heteroatoms. The van der Waals surface area contributed by atoms with Crippen molar-refractivity contribution in [2.45, 2.75) is 39.7 Å². The van der Waals surface area contributed by atoms with Crippen molar-refractivity contribution in [2.75, 3.05) is 13.2 Å². The van der Waals surface area contributed by atoms with Crippen LogP contribution in [0.3, 0.4) is 0 Å². The Morgan fingerprint density at radius 1 is 1.16 bits per heavy atom. The molecule has 7 nitrogen and oxygen atoms in total. The minimum atomic E-state index is -0.709. The maximum Gasteiger partial charge on any atom is 0.312 e. The lowest BCUT2D eigenvalue weighted by molar-refractivity contribution is -0.148. The van der Waals surface area contributed by atoms with E-state index < -0.39 is 12.0 Å². The van der Waals surface area contributed by atoms with Gasteiger partial charge in [0.2, 0.25) is 0 Å². The molecule has 1 aromatic carbocycles. The monoisotopic (exact) mass is 349 g/mol. The van der Waals surface area contributed by atoms with Crippen LogP contribution in [0.5, 0.6) is 0 Å². The van der Waals surface area contributed by atoms with Crippen molar-refractivity contribution in [3.8, 4) is 0 Å². The minimum Gasteiger partial charge on any atom is -0.456 e. The van der Waals surface area contributed by atoms with E-state index in [0.29, 0.717) is 0 Å². The van der Waals surface area contributed by atoms with E-state index in [-0.39, 0.29) is 37.4 Å². The predicted molar refractivity (Wildman–Crippen MR) is 94.7 cm³/mol. The summed E-state index contributed by atoms with van der Waals surface area (Å²) >= 11 is 0. The van der Waals surface area contributed by atoms with Crippen LogP contribution in [0, 0.1) is 5.92 Å². The molecule has 138 valence electrons. The lowest BCUT2D eigenvalue weighted by atomic mass is 9.95. The Morgan fingerprint density at radius 2 is 1.80 bits per heavy atom. The maximum absolute atomic E-state index is 12.1. The van der Waals surface area contributed by atoms with Crippen molar-refractivity contribution in [1.82, 2.24) is 10.6 Å². The third kappa shape index (κ3) is 7.69. The Morgan fingerprint density at radius 3 is 2.32 bits per heavy atom. The smallest absolute Gasteiger partial charge is 0.312 e. The molecule has 0 unspecified atom stereocenters. The van der Waals surface area contributed by atoms with Crippen LogP contribution >= 0.6 is 0 Å². The first-order valence-corrected chi connectivity index (χ1v) is 8.40. The summed E-state index contributed by atoms with van der Waals surface area (Å²) in [7, 11) is 0. The van der Waals surface area contributed by atoms with Crippen molar-refractivity contribution in [3.63, 3.8) is 0 Å². The summed E-state index contributed by atoms with van der Waals surface area (Å²) in [6.07, 6.45) is 0.919. The number of nitrogens with two attached hydrogens (primary N) is 1. The number of hydrogen-bond donors (Lipinski definition) is 3. The summed E-state index contributed by atoms with van der Waals surface area (Å²) in [6.45, 7) is 5.84. The summed E-state index contributed by atoms with van der Waals surface area (Å²) in [5.74, 6) is -0.751. The molecular formula is C18H27N3O4. The number of benzene rings is 1. The molecule has 0 bridgehead atoms. The number of aryl methyl sites for hydroxylation is 1. The van der Waals surface area contributed by atoms with Crippen LogP contribution in [0.2, 0.25) is 0 Å². The Kier molecular flexibility index (Phi) is 8.46. The second kappa shape index (κ2) is 10.3. The van der Waals surface area contributed by atoms with Gasteiger partial charge in [0.15, 0.2) is 6.61 Å². The zero-order valence-corrected chi connectivity index (χ0v) is 15.0. The van der Waals surface area contributed by atoms with Gasteiger partial charge in [-0.1, -0.05) is 45.0 Å². The van der Waals surface area contributed by atoms with Crippen LogP contribution in [-0.4, -0.2) is 31.1 Å². The fraction of sp³-hybridized carbons (Fsp3) is 0.500. The molecule has 0 aromatic heterocycles. The molecular weight excluding hydrogens is 322 g/mol. The number of hydrogen-bond acceptors (Lipinski definition) is 4. The third-order valence-corrected chi connectivity index (χ3v) is 3.72. The molecule has 3 amide bonds. The molecule has 0 aliphatic rings. The molecule has 0 spiro atoms. The molecule has 0 aliphatic carbocycles. The van der Waals surface area contributed by atoms with Crippen molar-refractivity contribution >= 4 is 17.9 Å². The van der Waals surface area contributed by atoms with Crippen molar-refractivity contribution in [1.29, 1.82) is 0 Å². The molecule has 4 N–H and O–H groups in total. The molecule has 1 rings (SSSR count). The Bertz CT molecular complexity index is 584. The highest BCUT2D eigenvalue weighted by Crippen LogP contribution is 2.22. The summed E-state index contributed by atoms with van der Waals surface area (Å²) in [6, 6.07) is 7.23. The minimum absolute atomic E-state index is 0.0394. The summed E-state index contributed by atoms with van der Waals surface area (Å²) in [5.41, 5.74) is 7.14. The molecule has 0 heterocycles. The van der Waals surface area contributed by atoms with Gasteiger partial charge in [0.25, 0.3) is 5.91 Å². The van der Waals surface area contributed by atoms with Gasteiger partial charge >= 0.3 is 12.0 Å². The third-order valence-electron chi connectivity index (χ3n) is 3.72. The highest BCUT2D eigenvalue weighted by molar-refractivity contribution is 5.81. The number of amides is 3. The lowest BCUT2D eigenvalue weighted by Crippen LogP contribution is -2.35. The summed E-state index contributed by atoms with van der Waals surface area (Å²) < 4.78 is 4.90. The quantitative estimate of drug-likeness (QED) is 0.589. The maximum atomic E-state index is 12.1. The standard InChI is InChI=1S/C18H27N3O4/c1-4-13-5-7-14(8-6-13)17(12(2)3)21-15(22)11-25-16(23)9-10-20-18(19)24/h5-8,12,17H,4,9-11H2,1-3H3,(H,21,22)(H3,19,20,24)/t17-/m1/s1. The Labute approximate surface area is 148 Å². The van der Waals surface area contributed by atoms with E-state index in [9.17, 15) is 14.4 Å². The average molecular weight is 349 g/mol. The highest BCUT2D eigenvalue weighted by atomic mass is 16.5. The van der Waals surface area contributed by atoms with Crippen LogP contribution in [0.25, 0.3) is 0 Å². The molecule has 1 aromatic rings. The normalized spacial score (nSPS) is 11.7. The van der Waals surface area contributed by atoms with Gasteiger partial charge in [-0.3, -0.25) is 9.59 Å². The predicted octanol–water partition coefficient (Wildman–Crippen LogP) is 1.66. The van der Waals surface area contributed by atoms with Gasteiger partial charge in [0.05, 0.1) is 12.5 Å². The molecule has 0 saturated carbocycles. The van der Waals surface area contributed by atoms with Crippen molar-refractivity contribution in [2.24, 2.45) is 11.7 Å². The van der Waals surface area contributed by atoms with Crippen LogP contribution in [0.15, 0.2) is 24.3 Å². The van der Waals surface area contributed by atoms with Crippen LogP contribution < -0.4 is 16.4 Å². The first-order valence-electron chi connectivity index (χ1n) is 8.40. The molecule has 0 saturated heterocycles. The molecule has 25 heavy (non-hydrogen) atoms. The second-order valence-corrected chi connectivity index (χ2v) is 6.09. The van der Waals surface area contributed by atoms with Crippen LogP contribution in [-0.2, 0) is 20.7 Å². The van der Waals surface area contributed by atoms with E-state index in [4.69, 9.17) is 10.5 Å². The van der Waals surface area contributed by atoms with Gasteiger partial charge < -0.3 is 21.1 Å². The first-order chi connectivity index (χ1) is 11.8. The number of primary amides is 1. The number of carbonyl (C=O) groups is 3. The number of esters is 1. The van der Waals surface area contributed by atoms with E-state index in [1.54, 1.807) is 0 Å². The Balaban J connectivity index is 2.50. The Hall–Kier alpha value is -2.57. The zero-order valence-electron chi connectivity index (χ0n) is 15.0. The molecule has 0 fully saturated rings. The van der Waals surface area contributed by atoms with Gasteiger partial charge in [-0.15, -0.1) is 0 Å². The number of rotatable bonds is 9. The fourth-order valence-corrected chi connectivity index (χ4v) is 2.32. The first kappa shape index (κ1) is 20.5. The molecule has 1 atom stereocenters. The summed E-state index contributed by atoms with van der Waals surface area (Å²) in [5, 5.41) is 5.17. The lowest BCUT2D eigenvalue weighted by Gasteiger charge is -2.23. The number of ether oxygens (including phenoxy) is 1. The molecule has 0 aliphatic heterocycles. The van der Waals surface area contributed by atoms with Crippen molar-refractivity contribution in [3.05, 3.63) is 35.4 Å². The number of urea groups is 1. The number of nitrogens with one attached hydrogen (secondary N) is 2. The van der Waals surface area contributed by atoms with Gasteiger partial charge in [0.1, 0.15) is 0 Å². The number of carbonyl (C=O) groups excluding carboxylic acids is 3. The van der Waals surface area contributed by atoms with Crippen LogP contribution in [0.4, 0.5) is 4.79 Å². The molecule has 0 radical (unpaired) electrons. The van der Waals surface area contributed by atoms with E-state index in [1.807, 2.05) is 38.1 Å². The zero-order chi connectivity index (χ0) is 18.8. The van der Waals surface area contributed by atoms with Gasteiger partial charge in [-0.2, -0.15) is 0 Å². The van der Waals surface area contributed by atoms with E-state index in [2.05, 4.69) is 17.6 Å². The van der Waals surface area contributed by atoms with Gasteiger partial charge in [-0.05, 0) is 23.5 Å². The SMILES string of the molecule is CCc1ccc([C@H](NC(=O)COC(=O)CCNC(N)=O)C(C)C)cc1.